The monoisotopic (exact) mass is 2010 g/mol. The number of ketones is 1. The van der Waals surface area contributed by atoms with Crippen molar-refractivity contribution in [1.29, 1.82) is 0 Å². The van der Waals surface area contributed by atoms with E-state index in [0.29, 0.717) is 118 Å². The Bertz CT molecular complexity index is 5240. The van der Waals surface area contributed by atoms with Gasteiger partial charge in [0.2, 0.25) is 0 Å². The first kappa shape index (κ1) is 118. The van der Waals surface area contributed by atoms with Crippen molar-refractivity contribution in [3.05, 3.63) is 347 Å². The van der Waals surface area contributed by atoms with E-state index in [9.17, 15) is 9.59 Å². The molecule has 0 heterocycles. The van der Waals surface area contributed by atoms with Crippen LogP contribution in [0.1, 0.15) is 340 Å². The van der Waals surface area contributed by atoms with Gasteiger partial charge >= 0.3 is 6.09 Å². The number of amides is 1. The second kappa shape index (κ2) is 74.2. The first-order valence-electron chi connectivity index (χ1n) is 57.3. The summed E-state index contributed by atoms with van der Waals surface area (Å²) in [4.78, 5) is 27.9. The highest BCUT2D eigenvalue weighted by molar-refractivity contribution is 6.02. The summed E-state index contributed by atoms with van der Waals surface area (Å²) in [7, 11) is 0. The lowest BCUT2D eigenvalue weighted by molar-refractivity contribution is -0.120. The van der Waals surface area contributed by atoms with Gasteiger partial charge in [-0.3, -0.25) is 4.79 Å². The molecule has 1 unspecified atom stereocenters. The second-order valence-electron chi connectivity index (χ2n) is 41.9. The smallest absolute Gasteiger partial charge is 0.407 e. The van der Waals surface area contributed by atoms with Crippen LogP contribution in [0.5, 0.6) is 0 Å². The molecule has 0 radical (unpaired) electrons. The molecule has 1 N–H and O–H groups in total. The Balaban J connectivity index is 0.783. The molecule has 0 aromatic heterocycles. The number of Topliss-reactive ketones (excluding diaryl/α,β-unsaturated/α-hetero) is 1. The Morgan fingerprint density at radius 1 is 0.228 bits per heavy atom. The van der Waals surface area contributed by atoms with Crippen LogP contribution in [0, 0.1) is 57.2 Å². The molecule has 0 aliphatic heterocycles. The standard InChI is InChI=1S/C137H177NO11/c1-2-3-84-134(91-55-101-141-110-119-62-27-19-28-63-119,92-56-102-142-111-120-64-29-20-30-65-120)85-48-12-4-6-14-50-87-136(98-83-129(139)80-43-11-10-18-54-100-138-133(140)149-118-132-130-81-46-44-78-127(130)109-128-79-45-47-82-131(128)132,89-52-16-8-9-17-53-90-137(99-108-148-117-126-76-41-26-42-77-126,96-60-106-146-115-124-72-37-24-38-73-124)97-61-107-147-116-125-74-39-25-40-75-125)88-51-15-7-5-13-49-86-135(93-57-103-143-112-121-66-31-21-32-67-121,94-58-104-144-113-122-68-33-22-34-69-122)95-59-105-145-114-123-70-35-23-36-71-123/h19-42,44-47,62-79,81-82,109H,2-3,10-18,43,48-61,80,83-108,110-118H2,1H3,(H,138,140). The fourth-order valence-electron chi connectivity index (χ4n) is 21.8. The lowest BCUT2D eigenvalue weighted by atomic mass is 9.71. The maximum Gasteiger partial charge on any atom is 0.407 e. The van der Waals surface area contributed by atoms with E-state index in [0.717, 1.165) is 291 Å². The number of rotatable bonds is 81. The molecule has 12 heteroatoms. The number of hydrogen-bond donors (Lipinski definition) is 1. The van der Waals surface area contributed by atoms with E-state index in [1.165, 1.54) is 63.8 Å². The Hall–Kier alpha value is -10.8. The third-order valence-electron chi connectivity index (χ3n) is 30.2. The summed E-state index contributed by atoms with van der Waals surface area (Å²) in [5.74, 6) is 22.9. The van der Waals surface area contributed by atoms with Crippen LogP contribution in [0.4, 0.5) is 4.79 Å². The zero-order valence-electron chi connectivity index (χ0n) is 90.6. The van der Waals surface area contributed by atoms with Crippen molar-refractivity contribution in [2.24, 2.45) is 21.7 Å². The maximum absolute atomic E-state index is 14.6. The fourth-order valence-corrected chi connectivity index (χ4v) is 21.8. The van der Waals surface area contributed by atoms with Crippen LogP contribution in [0.15, 0.2) is 297 Å². The highest BCUT2D eigenvalue weighted by atomic mass is 16.5. The summed E-state index contributed by atoms with van der Waals surface area (Å²) >= 11 is 0. The third kappa shape index (κ3) is 49.9. The van der Waals surface area contributed by atoms with Gasteiger partial charge in [0, 0.05) is 116 Å². The molecule has 0 saturated heterocycles. The van der Waals surface area contributed by atoms with Crippen LogP contribution in [0.3, 0.4) is 0 Å². The zero-order chi connectivity index (χ0) is 103. The molecule has 1 amide bonds. The van der Waals surface area contributed by atoms with Crippen LogP contribution < -0.4 is 5.32 Å². The first-order valence-corrected chi connectivity index (χ1v) is 57.3. The topological polar surface area (TPSA) is 129 Å². The first-order chi connectivity index (χ1) is 73.6. The van der Waals surface area contributed by atoms with Gasteiger partial charge in [-0.2, -0.15) is 0 Å². The highest BCUT2D eigenvalue weighted by Gasteiger charge is 2.34. The Labute approximate surface area is 898 Å². The van der Waals surface area contributed by atoms with Crippen molar-refractivity contribution in [3.8, 4) is 35.5 Å². The molecule has 11 aromatic carbocycles. The van der Waals surface area contributed by atoms with Gasteiger partial charge in [0.15, 0.2) is 0 Å². The number of nitrogens with one attached hydrogen (secondary N) is 1. The van der Waals surface area contributed by atoms with Crippen molar-refractivity contribution in [2.75, 3.05) is 59.4 Å². The highest BCUT2D eigenvalue weighted by Crippen LogP contribution is 2.46. The molecule has 0 spiro atoms. The number of fused-ring (bicyclic) bond motifs is 2. The van der Waals surface area contributed by atoms with E-state index >= 15 is 0 Å². The minimum atomic E-state index is -0.400. The third-order valence-corrected chi connectivity index (χ3v) is 30.2. The molecule has 796 valence electrons. The summed E-state index contributed by atoms with van der Waals surface area (Å²) in [6.07, 6.45) is 42.8. The number of carbonyl (C=O) groups is 2. The van der Waals surface area contributed by atoms with Gasteiger partial charge in [-0.15, -0.1) is 35.5 Å². The van der Waals surface area contributed by atoms with E-state index in [1.807, 2.05) is 24.3 Å². The normalized spacial score (nSPS) is 12.0. The molecule has 0 fully saturated rings. The van der Waals surface area contributed by atoms with Crippen LogP contribution in [0.25, 0.3) is 21.5 Å². The van der Waals surface area contributed by atoms with Crippen molar-refractivity contribution in [3.63, 3.8) is 0 Å². The van der Waals surface area contributed by atoms with Crippen molar-refractivity contribution in [2.45, 2.75) is 349 Å². The largest absolute Gasteiger partial charge is 0.445 e. The maximum atomic E-state index is 14.6. The van der Waals surface area contributed by atoms with Crippen LogP contribution in [0.2, 0.25) is 0 Å². The van der Waals surface area contributed by atoms with Gasteiger partial charge < -0.3 is 47.9 Å². The Morgan fingerprint density at radius 2 is 0.463 bits per heavy atom. The fraction of sp³-hybridized carbons (Fsp3) is 0.489. The molecule has 12 nitrogen and oxygen atoms in total. The van der Waals surface area contributed by atoms with Gasteiger partial charge in [-0.05, 0) is 293 Å². The number of ether oxygens (including phenoxy) is 9. The number of alkyl carbamates (subject to hydrolysis) is 1. The second-order valence-corrected chi connectivity index (χ2v) is 41.9. The number of benzene rings is 11. The predicted octanol–water partition coefficient (Wildman–Crippen LogP) is 34.7. The summed E-state index contributed by atoms with van der Waals surface area (Å²) in [6.45, 7) is 13.8. The minimum absolute atomic E-state index is 0.0328. The molecule has 149 heavy (non-hydrogen) atoms. The summed E-state index contributed by atoms with van der Waals surface area (Å²) in [6, 6.07) is 103. The van der Waals surface area contributed by atoms with Crippen molar-refractivity contribution < 1.29 is 52.2 Å². The van der Waals surface area contributed by atoms with E-state index in [1.54, 1.807) is 0 Å². The molecular weight excluding hydrogens is 1840 g/mol. The van der Waals surface area contributed by atoms with Gasteiger partial charge in [0.05, 0.1) is 52.9 Å². The molecular formula is C137H177NO11. The van der Waals surface area contributed by atoms with Gasteiger partial charge in [0.25, 0.3) is 0 Å². The average molecular weight is 2010 g/mol. The van der Waals surface area contributed by atoms with Crippen molar-refractivity contribution >= 4 is 33.4 Å². The lowest BCUT2D eigenvalue weighted by Gasteiger charge is -2.35. The van der Waals surface area contributed by atoms with Gasteiger partial charge in [-0.25, -0.2) is 4.79 Å². The molecule has 0 aliphatic carbocycles. The molecule has 0 saturated carbocycles. The van der Waals surface area contributed by atoms with Gasteiger partial charge in [-0.1, -0.05) is 330 Å². The predicted molar refractivity (Wildman–Crippen MR) is 615 cm³/mol. The SMILES string of the molecule is CCCCC(CCCC#CCCCC(CCCC#CCCCC(CCCOCc1ccccc1)(CCCOCc1ccccc1)CCCOCc1ccccc1)(CCCC#CCCCC(CCCOCc1ccccc1)(CCCOCc1ccccc1)CCOCc1ccccc1)CCC(=O)CCCCCCCNC(=O)OCc1c2ccccc2cc2ccccc12)(CCCOCc1ccccc1)CCCOCc1ccccc1. The minimum Gasteiger partial charge on any atom is -0.445 e. The van der Waals surface area contributed by atoms with E-state index in [4.69, 9.17) is 42.6 Å². The summed E-state index contributed by atoms with van der Waals surface area (Å²) in [5, 5.41) is 7.48. The molecule has 0 bridgehead atoms. The number of carbonyl (C=O) groups excluding carboxylic acids is 2. The molecule has 11 aromatic rings. The van der Waals surface area contributed by atoms with E-state index < -0.39 is 6.09 Å². The lowest BCUT2D eigenvalue weighted by Crippen LogP contribution is -2.25. The molecule has 0 aliphatic rings. The van der Waals surface area contributed by atoms with Gasteiger partial charge in [0.1, 0.15) is 12.4 Å². The van der Waals surface area contributed by atoms with Crippen LogP contribution >= 0.6 is 0 Å². The molecule has 1 atom stereocenters. The van der Waals surface area contributed by atoms with Crippen LogP contribution in [-0.4, -0.2) is 71.3 Å². The summed E-state index contributed by atoms with van der Waals surface area (Å²) < 4.78 is 57.1. The van der Waals surface area contributed by atoms with Crippen molar-refractivity contribution in [1.82, 2.24) is 5.32 Å². The quantitative estimate of drug-likeness (QED) is 0.0222. The van der Waals surface area contributed by atoms with Crippen LogP contribution in [-0.2, 0) is 107 Å². The van der Waals surface area contributed by atoms with E-state index in [-0.39, 0.29) is 28.3 Å². The Morgan fingerprint density at radius 3 is 0.752 bits per heavy atom. The zero-order valence-corrected chi connectivity index (χ0v) is 90.6. The number of unbranched alkanes of at least 4 members (excludes halogenated alkanes) is 11. The average Bonchev–Trinajstić information content (AvgIpc) is 0.774. The Kier molecular flexibility index (Phi) is 59.0. The van der Waals surface area contributed by atoms with E-state index in [2.05, 4.69) is 321 Å². The summed E-state index contributed by atoms with van der Waals surface area (Å²) in [5.41, 5.74) is 10.9. The number of hydrogen-bond acceptors (Lipinski definition) is 11. The molecule has 11 rings (SSSR count).